The smallest absolute Gasteiger partial charge is 0.318 e. The summed E-state index contributed by atoms with van der Waals surface area (Å²) >= 11 is 0. The number of rotatable bonds is 4. The van der Waals surface area contributed by atoms with Crippen molar-refractivity contribution in [3.63, 3.8) is 0 Å². The summed E-state index contributed by atoms with van der Waals surface area (Å²) in [5.74, 6) is 0.413. The van der Waals surface area contributed by atoms with Gasteiger partial charge in [0.05, 0.1) is 18.3 Å². The van der Waals surface area contributed by atoms with Gasteiger partial charge in [0.1, 0.15) is 5.82 Å². The number of fused-ring (bicyclic) bond motifs is 1. The average Bonchev–Trinajstić information content (AvgIpc) is 3.07. The van der Waals surface area contributed by atoms with E-state index in [1.54, 1.807) is 17.0 Å². The molecule has 0 radical (unpaired) electrons. The SMILES string of the molecule is CC(C)Nc1ncc2c(n1)CN(C(=O)N[C@@H]1CN(C)C[C@H]1c1cccc(F)c1)CC2. The lowest BCUT2D eigenvalue weighted by Gasteiger charge is -2.30. The van der Waals surface area contributed by atoms with Crippen LogP contribution in [0.1, 0.15) is 36.6 Å². The topological polar surface area (TPSA) is 73.4 Å². The van der Waals surface area contributed by atoms with E-state index in [-0.39, 0.29) is 29.8 Å². The van der Waals surface area contributed by atoms with Gasteiger partial charge < -0.3 is 20.4 Å². The van der Waals surface area contributed by atoms with E-state index in [2.05, 4.69) is 25.5 Å². The second kappa shape index (κ2) is 8.55. The number of halogens is 1. The molecule has 4 rings (SSSR count). The molecule has 160 valence electrons. The molecule has 7 nitrogen and oxygen atoms in total. The van der Waals surface area contributed by atoms with Crippen molar-refractivity contribution in [2.24, 2.45) is 0 Å². The average molecular weight is 413 g/mol. The quantitative estimate of drug-likeness (QED) is 0.808. The van der Waals surface area contributed by atoms with Crippen LogP contribution in [0, 0.1) is 5.82 Å². The minimum Gasteiger partial charge on any atom is -0.352 e. The van der Waals surface area contributed by atoms with Crippen molar-refractivity contribution < 1.29 is 9.18 Å². The fraction of sp³-hybridized carbons (Fsp3) is 0.500. The zero-order valence-electron chi connectivity index (χ0n) is 17.7. The Morgan fingerprint density at radius 2 is 2.13 bits per heavy atom. The van der Waals surface area contributed by atoms with Gasteiger partial charge in [0.2, 0.25) is 5.95 Å². The molecule has 8 heteroatoms. The zero-order valence-corrected chi connectivity index (χ0v) is 17.7. The second-order valence-electron chi connectivity index (χ2n) is 8.57. The van der Waals surface area contributed by atoms with E-state index in [0.717, 1.165) is 36.3 Å². The molecule has 1 aromatic carbocycles. The van der Waals surface area contributed by atoms with E-state index in [1.807, 2.05) is 33.2 Å². The molecule has 0 bridgehead atoms. The molecule has 0 saturated carbocycles. The molecule has 2 aliphatic heterocycles. The van der Waals surface area contributed by atoms with Gasteiger partial charge in [0.25, 0.3) is 0 Å². The number of urea groups is 1. The summed E-state index contributed by atoms with van der Waals surface area (Å²) in [6.07, 6.45) is 2.59. The van der Waals surface area contributed by atoms with Crippen molar-refractivity contribution >= 4 is 12.0 Å². The molecule has 30 heavy (non-hydrogen) atoms. The molecule has 1 fully saturated rings. The van der Waals surface area contributed by atoms with Crippen LogP contribution in [0.15, 0.2) is 30.5 Å². The number of likely N-dealkylation sites (N-methyl/N-ethyl adjacent to an activating group) is 1. The van der Waals surface area contributed by atoms with Gasteiger partial charge in [-0.2, -0.15) is 0 Å². The third-order valence-corrected chi connectivity index (χ3v) is 5.74. The minimum absolute atomic E-state index is 0.0609. The number of hydrogen-bond donors (Lipinski definition) is 2. The molecule has 2 aromatic rings. The van der Waals surface area contributed by atoms with E-state index in [9.17, 15) is 9.18 Å². The van der Waals surface area contributed by atoms with E-state index in [0.29, 0.717) is 19.0 Å². The number of amides is 2. The van der Waals surface area contributed by atoms with Crippen LogP contribution in [0.2, 0.25) is 0 Å². The number of aromatic nitrogens is 2. The van der Waals surface area contributed by atoms with Crippen LogP contribution in [0.3, 0.4) is 0 Å². The first-order chi connectivity index (χ1) is 14.4. The number of benzene rings is 1. The fourth-order valence-corrected chi connectivity index (χ4v) is 4.28. The normalized spacial score (nSPS) is 21.6. The van der Waals surface area contributed by atoms with E-state index >= 15 is 0 Å². The maximum atomic E-state index is 13.7. The number of carbonyl (C=O) groups is 1. The molecule has 0 spiro atoms. The highest BCUT2D eigenvalue weighted by Gasteiger charge is 2.34. The molecule has 2 N–H and O–H groups in total. The summed E-state index contributed by atoms with van der Waals surface area (Å²) in [4.78, 5) is 26.0. The monoisotopic (exact) mass is 412 g/mol. The van der Waals surface area contributed by atoms with Crippen LogP contribution < -0.4 is 10.6 Å². The summed E-state index contributed by atoms with van der Waals surface area (Å²) in [6, 6.07) is 6.76. The first kappa shape index (κ1) is 20.5. The summed E-state index contributed by atoms with van der Waals surface area (Å²) in [5, 5.41) is 6.40. The lowest BCUT2D eigenvalue weighted by Crippen LogP contribution is -2.49. The number of nitrogens with one attached hydrogen (secondary N) is 2. The molecule has 1 saturated heterocycles. The van der Waals surface area contributed by atoms with Gasteiger partial charge in [-0.15, -0.1) is 0 Å². The number of carbonyl (C=O) groups excluding carboxylic acids is 1. The third-order valence-electron chi connectivity index (χ3n) is 5.74. The van der Waals surface area contributed by atoms with Crippen molar-refractivity contribution in [1.29, 1.82) is 0 Å². The highest BCUT2D eigenvalue weighted by atomic mass is 19.1. The maximum absolute atomic E-state index is 13.7. The highest BCUT2D eigenvalue weighted by molar-refractivity contribution is 5.75. The Morgan fingerprint density at radius 1 is 1.30 bits per heavy atom. The van der Waals surface area contributed by atoms with Gasteiger partial charge >= 0.3 is 6.03 Å². The lowest BCUT2D eigenvalue weighted by molar-refractivity contribution is 0.186. The van der Waals surface area contributed by atoms with Crippen molar-refractivity contribution in [1.82, 2.24) is 25.1 Å². The molecular weight excluding hydrogens is 383 g/mol. The van der Waals surface area contributed by atoms with Gasteiger partial charge in [0.15, 0.2) is 0 Å². The van der Waals surface area contributed by atoms with Gasteiger partial charge in [-0.3, -0.25) is 0 Å². The Balaban J connectivity index is 1.45. The van der Waals surface area contributed by atoms with Crippen LogP contribution in [0.5, 0.6) is 0 Å². The van der Waals surface area contributed by atoms with Gasteiger partial charge in [-0.05, 0) is 50.6 Å². The van der Waals surface area contributed by atoms with Crippen molar-refractivity contribution in [2.45, 2.75) is 44.8 Å². The van der Waals surface area contributed by atoms with Crippen molar-refractivity contribution in [2.75, 3.05) is 32.0 Å². The Hall–Kier alpha value is -2.74. The predicted molar refractivity (Wildman–Crippen MR) is 114 cm³/mol. The minimum atomic E-state index is -0.245. The van der Waals surface area contributed by atoms with E-state index in [1.165, 1.54) is 6.07 Å². The Kier molecular flexibility index (Phi) is 5.85. The molecule has 2 aliphatic rings. The van der Waals surface area contributed by atoms with Gasteiger partial charge in [-0.25, -0.2) is 19.2 Å². The van der Waals surface area contributed by atoms with Crippen LogP contribution in [0.25, 0.3) is 0 Å². The first-order valence-electron chi connectivity index (χ1n) is 10.5. The van der Waals surface area contributed by atoms with Crippen LogP contribution in [-0.4, -0.2) is 64.6 Å². The number of likely N-dealkylation sites (tertiary alicyclic amines) is 1. The molecule has 1 aromatic heterocycles. The fourth-order valence-electron chi connectivity index (χ4n) is 4.28. The van der Waals surface area contributed by atoms with Crippen molar-refractivity contribution in [3.05, 3.63) is 53.1 Å². The molecular formula is C22H29FN6O. The Bertz CT molecular complexity index is 920. The van der Waals surface area contributed by atoms with Gasteiger partial charge in [0, 0.05) is 37.8 Å². The molecule has 3 heterocycles. The van der Waals surface area contributed by atoms with E-state index in [4.69, 9.17) is 0 Å². The van der Waals surface area contributed by atoms with Gasteiger partial charge in [-0.1, -0.05) is 12.1 Å². The molecule has 2 atom stereocenters. The number of anilines is 1. The van der Waals surface area contributed by atoms with Crippen LogP contribution in [0.4, 0.5) is 15.1 Å². The van der Waals surface area contributed by atoms with Crippen LogP contribution in [-0.2, 0) is 13.0 Å². The number of hydrogen-bond acceptors (Lipinski definition) is 5. The maximum Gasteiger partial charge on any atom is 0.318 e. The number of nitrogens with zero attached hydrogens (tertiary/aromatic N) is 4. The third kappa shape index (κ3) is 4.53. The Morgan fingerprint density at radius 3 is 2.90 bits per heavy atom. The largest absolute Gasteiger partial charge is 0.352 e. The van der Waals surface area contributed by atoms with Crippen LogP contribution >= 0.6 is 0 Å². The molecule has 2 amide bonds. The zero-order chi connectivity index (χ0) is 21.3. The second-order valence-corrected chi connectivity index (χ2v) is 8.57. The molecule has 0 aliphatic carbocycles. The Labute approximate surface area is 176 Å². The highest BCUT2D eigenvalue weighted by Crippen LogP contribution is 2.28. The standard InChI is InChI=1S/C22H29FN6O/c1-14(2)25-21-24-10-16-7-8-29(13-19(16)26-21)22(30)27-20-12-28(3)11-18(20)15-5-4-6-17(23)9-15/h4-6,9-10,14,18,20H,7-8,11-13H2,1-3H3,(H,27,30)(H,24,25,26)/t18-,20+/m0/s1. The van der Waals surface area contributed by atoms with Crippen molar-refractivity contribution in [3.8, 4) is 0 Å². The summed E-state index contributed by atoms with van der Waals surface area (Å²) < 4.78 is 13.7. The van der Waals surface area contributed by atoms with E-state index < -0.39 is 0 Å². The summed E-state index contributed by atoms with van der Waals surface area (Å²) in [7, 11) is 2.02. The first-order valence-corrected chi connectivity index (χ1v) is 10.5. The predicted octanol–water partition coefficient (Wildman–Crippen LogP) is 2.60. The summed E-state index contributed by atoms with van der Waals surface area (Å²) in [6.45, 7) is 6.69. The lowest BCUT2D eigenvalue weighted by atomic mass is 9.94. The molecule has 0 unspecified atom stereocenters. The summed E-state index contributed by atoms with van der Waals surface area (Å²) in [5.41, 5.74) is 2.90.